The van der Waals surface area contributed by atoms with Crippen LogP contribution in [0.1, 0.15) is 60.5 Å². The van der Waals surface area contributed by atoms with Gasteiger partial charge in [-0.15, -0.1) is 12.4 Å². The molecule has 2 heterocycles. The summed E-state index contributed by atoms with van der Waals surface area (Å²) >= 11 is 0. The van der Waals surface area contributed by atoms with Crippen LogP contribution in [-0.2, 0) is 6.42 Å². The third-order valence-corrected chi connectivity index (χ3v) is 5.24. The number of aromatic amines is 1. The van der Waals surface area contributed by atoms with Crippen LogP contribution < -0.4 is 10.9 Å². The van der Waals surface area contributed by atoms with Gasteiger partial charge < -0.3 is 15.2 Å². The van der Waals surface area contributed by atoms with Gasteiger partial charge in [-0.2, -0.15) is 0 Å². The summed E-state index contributed by atoms with van der Waals surface area (Å²) in [7, 11) is 0. The predicted octanol–water partition coefficient (Wildman–Crippen LogP) is 1.77. The Labute approximate surface area is 153 Å². The number of nitrogens with one attached hydrogen (secondary N) is 2. The summed E-state index contributed by atoms with van der Waals surface area (Å²) < 4.78 is 0. The molecule has 0 spiro atoms. The zero-order chi connectivity index (χ0) is 17.6. The number of carbonyl (C=O) groups excluding carboxylic acids is 2. The van der Waals surface area contributed by atoms with Gasteiger partial charge >= 0.3 is 0 Å². The zero-order valence-electron chi connectivity index (χ0n) is 15.1. The number of nitrogens with zero attached hydrogens (tertiary/aromatic N) is 1. The van der Waals surface area contributed by atoms with Crippen LogP contribution >= 0.6 is 12.4 Å². The molecular weight excluding hydrogens is 342 g/mol. The highest BCUT2D eigenvalue weighted by molar-refractivity contribution is 6.02. The number of piperazine rings is 1. The smallest absolute Gasteiger partial charge is 0.261 e. The molecule has 2 N–H and O–H groups in total. The minimum atomic E-state index is -0.400. The second-order valence-electron chi connectivity index (χ2n) is 7.83. The van der Waals surface area contributed by atoms with E-state index in [4.69, 9.17) is 0 Å². The van der Waals surface area contributed by atoms with Crippen molar-refractivity contribution in [2.24, 2.45) is 5.41 Å². The quantitative estimate of drug-likeness (QED) is 0.792. The van der Waals surface area contributed by atoms with Gasteiger partial charge in [0.05, 0.1) is 0 Å². The maximum atomic E-state index is 12.9. The number of ketones is 1. The van der Waals surface area contributed by atoms with Gasteiger partial charge in [0.2, 0.25) is 0 Å². The topological polar surface area (TPSA) is 82.3 Å². The highest BCUT2D eigenvalue weighted by atomic mass is 35.5. The van der Waals surface area contributed by atoms with Crippen LogP contribution in [0.2, 0.25) is 0 Å². The summed E-state index contributed by atoms with van der Waals surface area (Å²) in [4.78, 5) is 42.2. The monoisotopic (exact) mass is 367 g/mol. The highest BCUT2D eigenvalue weighted by Gasteiger charge is 2.34. The van der Waals surface area contributed by atoms with Crippen molar-refractivity contribution in [1.29, 1.82) is 0 Å². The minimum absolute atomic E-state index is 0. The Morgan fingerprint density at radius 3 is 2.60 bits per heavy atom. The van der Waals surface area contributed by atoms with E-state index >= 15 is 0 Å². The van der Waals surface area contributed by atoms with E-state index in [-0.39, 0.29) is 47.2 Å². The number of halogens is 1. The maximum absolute atomic E-state index is 12.9. The molecule has 0 bridgehead atoms. The second kappa shape index (κ2) is 6.92. The average Bonchev–Trinajstić information content (AvgIpc) is 2.47. The lowest BCUT2D eigenvalue weighted by Gasteiger charge is -2.38. The van der Waals surface area contributed by atoms with Crippen LogP contribution in [0.5, 0.6) is 0 Å². The lowest BCUT2D eigenvalue weighted by molar-refractivity contribution is 0.0601. The van der Waals surface area contributed by atoms with Gasteiger partial charge in [-0.05, 0) is 31.7 Å². The largest absolute Gasteiger partial charge is 0.333 e. The first-order valence-corrected chi connectivity index (χ1v) is 8.53. The second-order valence-corrected chi connectivity index (χ2v) is 7.83. The van der Waals surface area contributed by atoms with Crippen molar-refractivity contribution in [3.8, 4) is 0 Å². The first-order valence-electron chi connectivity index (χ1n) is 8.53. The number of rotatable bonds is 1. The zero-order valence-corrected chi connectivity index (χ0v) is 16.0. The van der Waals surface area contributed by atoms with Crippen LogP contribution in [0, 0.1) is 5.41 Å². The van der Waals surface area contributed by atoms with Gasteiger partial charge in [0.25, 0.3) is 11.5 Å². The number of hydrogen-bond donors (Lipinski definition) is 2. The number of pyridine rings is 1. The van der Waals surface area contributed by atoms with E-state index in [1.54, 1.807) is 4.90 Å². The molecule has 1 aliphatic carbocycles. The van der Waals surface area contributed by atoms with Crippen LogP contribution in [0.4, 0.5) is 0 Å². The van der Waals surface area contributed by atoms with Crippen LogP contribution in [-0.4, -0.2) is 46.7 Å². The molecule has 138 valence electrons. The van der Waals surface area contributed by atoms with Gasteiger partial charge in [-0.3, -0.25) is 14.4 Å². The summed E-state index contributed by atoms with van der Waals surface area (Å²) in [5, 5.41) is 3.31. The maximum Gasteiger partial charge on any atom is 0.261 e. The molecule has 7 heteroatoms. The molecule has 1 saturated heterocycles. The van der Waals surface area contributed by atoms with E-state index in [2.05, 4.69) is 10.3 Å². The highest BCUT2D eigenvalue weighted by Crippen LogP contribution is 2.33. The fraction of sp³-hybridized carbons (Fsp3) is 0.611. The van der Waals surface area contributed by atoms with E-state index in [0.717, 1.165) is 0 Å². The molecule has 0 saturated carbocycles. The molecule has 2 aliphatic rings. The molecular formula is C18H26ClN3O3. The summed E-state index contributed by atoms with van der Waals surface area (Å²) in [6, 6.07) is 1.67. The van der Waals surface area contributed by atoms with E-state index in [0.29, 0.717) is 37.2 Å². The molecule has 1 amide bonds. The third kappa shape index (κ3) is 3.65. The number of H-pyrrole nitrogens is 1. The third-order valence-electron chi connectivity index (χ3n) is 5.24. The van der Waals surface area contributed by atoms with Crippen molar-refractivity contribution in [3.05, 3.63) is 33.2 Å². The van der Waals surface area contributed by atoms with Crippen LogP contribution in [0.3, 0.4) is 0 Å². The molecule has 3 rings (SSSR count). The molecule has 1 aromatic heterocycles. The Morgan fingerprint density at radius 2 is 1.92 bits per heavy atom. The standard InChI is InChI=1S/C18H25N3O3.ClH/c1-10-11(2)21(6-5-19-10)17(24)13-7-12-14(20-16(13)23)8-18(3,4)9-15(12)22;/h7,10-11,19H,5-6,8-9H2,1-4H3,(H,20,23);1H. The Kier molecular flexibility index (Phi) is 5.44. The number of Topliss-reactive ketones (excluding diaryl/α,β-unsaturated/α-hetero) is 1. The van der Waals surface area contributed by atoms with Gasteiger partial charge in [0, 0.05) is 42.9 Å². The summed E-state index contributed by atoms with van der Waals surface area (Å²) in [5.74, 6) is -0.300. The van der Waals surface area contributed by atoms with E-state index < -0.39 is 5.56 Å². The molecule has 1 fully saturated rings. The molecule has 1 aliphatic heterocycles. The summed E-state index contributed by atoms with van der Waals surface area (Å²) in [6.45, 7) is 9.26. The van der Waals surface area contributed by atoms with E-state index in [1.165, 1.54) is 6.07 Å². The molecule has 2 atom stereocenters. The van der Waals surface area contributed by atoms with Crippen molar-refractivity contribution in [1.82, 2.24) is 15.2 Å². The first kappa shape index (κ1) is 19.7. The number of aromatic nitrogens is 1. The van der Waals surface area contributed by atoms with Crippen molar-refractivity contribution >= 4 is 24.1 Å². The Hall–Kier alpha value is -1.66. The fourth-order valence-corrected chi connectivity index (χ4v) is 3.68. The summed E-state index contributed by atoms with van der Waals surface area (Å²) in [5.41, 5.74) is 0.652. The normalized spacial score (nSPS) is 25.1. The SMILES string of the molecule is CC1NCCN(C(=O)c2cc3c([nH]c2=O)CC(C)(C)CC3=O)C1C.Cl. The Morgan fingerprint density at radius 1 is 1.24 bits per heavy atom. The molecule has 6 nitrogen and oxygen atoms in total. The Bertz CT molecular complexity index is 756. The van der Waals surface area contributed by atoms with Crippen molar-refractivity contribution in [2.75, 3.05) is 13.1 Å². The van der Waals surface area contributed by atoms with Crippen molar-refractivity contribution in [3.63, 3.8) is 0 Å². The van der Waals surface area contributed by atoms with Crippen LogP contribution in [0.15, 0.2) is 10.9 Å². The minimum Gasteiger partial charge on any atom is -0.333 e. The van der Waals surface area contributed by atoms with Crippen LogP contribution in [0.25, 0.3) is 0 Å². The molecule has 1 aromatic rings. The summed E-state index contributed by atoms with van der Waals surface area (Å²) in [6.07, 6.45) is 1.07. The number of carbonyl (C=O) groups is 2. The van der Waals surface area contributed by atoms with E-state index in [1.807, 2.05) is 27.7 Å². The van der Waals surface area contributed by atoms with E-state index in [9.17, 15) is 14.4 Å². The predicted molar refractivity (Wildman–Crippen MR) is 98.7 cm³/mol. The van der Waals surface area contributed by atoms with Gasteiger partial charge in [-0.25, -0.2) is 0 Å². The van der Waals surface area contributed by atoms with Crippen molar-refractivity contribution in [2.45, 2.75) is 52.6 Å². The molecule has 25 heavy (non-hydrogen) atoms. The first-order chi connectivity index (χ1) is 11.2. The molecule has 0 aromatic carbocycles. The van der Waals surface area contributed by atoms with Gasteiger partial charge in [-0.1, -0.05) is 13.8 Å². The number of fused-ring (bicyclic) bond motifs is 1. The van der Waals surface area contributed by atoms with Gasteiger partial charge in [0.1, 0.15) is 5.56 Å². The molecule has 0 radical (unpaired) electrons. The fourth-order valence-electron chi connectivity index (χ4n) is 3.68. The Balaban J connectivity index is 0.00000225. The average molecular weight is 368 g/mol. The lowest BCUT2D eigenvalue weighted by atomic mass is 9.75. The number of hydrogen-bond acceptors (Lipinski definition) is 4. The van der Waals surface area contributed by atoms with Gasteiger partial charge in [0.15, 0.2) is 5.78 Å². The van der Waals surface area contributed by atoms with Crippen molar-refractivity contribution < 1.29 is 9.59 Å². The molecule has 2 unspecified atom stereocenters. The lowest BCUT2D eigenvalue weighted by Crippen LogP contribution is -2.57. The number of amides is 1.